The van der Waals surface area contributed by atoms with Crippen LogP contribution in [0.2, 0.25) is 0 Å². The second kappa shape index (κ2) is 5.65. The van der Waals surface area contributed by atoms with Crippen LogP contribution in [0.15, 0.2) is 22.7 Å². The first kappa shape index (κ1) is 12.7. The third-order valence-electron chi connectivity index (χ3n) is 2.03. The van der Waals surface area contributed by atoms with Gasteiger partial charge in [-0.3, -0.25) is 9.59 Å². The van der Waals surface area contributed by atoms with Gasteiger partial charge in [-0.15, -0.1) is 0 Å². The van der Waals surface area contributed by atoms with E-state index in [4.69, 9.17) is 4.74 Å². The van der Waals surface area contributed by atoms with E-state index in [-0.39, 0.29) is 5.91 Å². The highest BCUT2D eigenvalue weighted by Gasteiger charge is 2.16. The topological polar surface area (TPSA) is 55.4 Å². The largest absolute Gasteiger partial charge is 0.479 e. The molecule has 1 aromatic carbocycles. The Hall–Kier alpha value is -1.36. The minimum absolute atomic E-state index is 0.243. The van der Waals surface area contributed by atoms with Gasteiger partial charge in [-0.2, -0.15) is 0 Å². The van der Waals surface area contributed by atoms with Gasteiger partial charge in [0.05, 0.1) is 10.0 Å². The molecule has 1 rings (SSSR count). The van der Waals surface area contributed by atoms with Gasteiger partial charge < -0.3 is 10.1 Å². The van der Waals surface area contributed by atoms with Crippen LogP contribution in [0, 0.1) is 0 Å². The summed E-state index contributed by atoms with van der Waals surface area (Å²) in [7, 11) is 1.53. The number of halogens is 1. The average molecular weight is 286 g/mol. The fraction of sp³-hybridized carbons (Fsp3) is 0.273. The molecule has 16 heavy (non-hydrogen) atoms. The molecule has 1 aromatic rings. The van der Waals surface area contributed by atoms with Gasteiger partial charge in [-0.05, 0) is 35.0 Å². The lowest BCUT2D eigenvalue weighted by atomic mass is 10.2. The van der Waals surface area contributed by atoms with Crippen LogP contribution in [0.4, 0.5) is 0 Å². The maximum atomic E-state index is 11.3. The minimum atomic E-state index is -0.651. The third kappa shape index (κ3) is 2.82. The van der Waals surface area contributed by atoms with Gasteiger partial charge >= 0.3 is 0 Å². The van der Waals surface area contributed by atoms with Crippen molar-refractivity contribution in [2.24, 2.45) is 0 Å². The Labute approximate surface area is 102 Å². The average Bonchev–Trinajstić information content (AvgIpc) is 2.30. The summed E-state index contributed by atoms with van der Waals surface area (Å²) in [6, 6.07) is 5.10. The second-order valence-corrected chi connectivity index (χ2v) is 4.00. The molecule has 0 bridgehead atoms. The van der Waals surface area contributed by atoms with Crippen molar-refractivity contribution < 1.29 is 14.3 Å². The lowest BCUT2D eigenvalue weighted by molar-refractivity contribution is -0.126. The molecule has 0 saturated carbocycles. The van der Waals surface area contributed by atoms with Crippen molar-refractivity contribution in [2.45, 2.75) is 13.0 Å². The molecule has 0 fully saturated rings. The van der Waals surface area contributed by atoms with E-state index >= 15 is 0 Å². The van der Waals surface area contributed by atoms with E-state index in [1.54, 1.807) is 25.1 Å². The smallest absolute Gasteiger partial charge is 0.260 e. The highest BCUT2D eigenvalue weighted by Crippen LogP contribution is 2.28. The molecule has 1 amide bonds. The summed E-state index contributed by atoms with van der Waals surface area (Å²) in [5.41, 5.74) is 0.408. The monoisotopic (exact) mass is 285 g/mol. The summed E-state index contributed by atoms with van der Waals surface area (Å²) in [4.78, 5) is 22.1. The zero-order chi connectivity index (χ0) is 12.1. The predicted molar refractivity (Wildman–Crippen MR) is 63.7 cm³/mol. The molecule has 86 valence electrons. The fourth-order valence-corrected chi connectivity index (χ4v) is 1.65. The Bertz CT molecular complexity index is 406. The van der Waals surface area contributed by atoms with Gasteiger partial charge in [0.2, 0.25) is 0 Å². The van der Waals surface area contributed by atoms with Crippen LogP contribution in [0.3, 0.4) is 0 Å². The normalized spacial score (nSPS) is 11.7. The SMILES string of the molecule is CNC(=O)C(C)Oc1c(Br)cccc1C=O. The molecule has 0 radical (unpaired) electrons. The number of hydrogen-bond acceptors (Lipinski definition) is 3. The van der Waals surface area contributed by atoms with E-state index in [1.807, 2.05) is 0 Å². The van der Waals surface area contributed by atoms with E-state index in [9.17, 15) is 9.59 Å². The number of aldehydes is 1. The molecule has 1 atom stereocenters. The molecule has 1 N–H and O–H groups in total. The summed E-state index contributed by atoms with van der Waals surface area (Å²) in [6.45, 7) is 1.62. The van der Waals surface area contributed by atoms with Gasteiger partial charge in [-0.25, -0.2) is 0 Å². The molecule has 4 nitrogen and oxygen atoms in total. The van der Waals surface area contributed by atoms with Crippen molar-refractivity contribution in [3.05, 3.63) is 28.2 Å². The van der Waals surface area contributed by atoms with Gasteiger partial charge in [-0.1, -0.05) is 6.07 Å². The first-order valence-electron chi connectivity index (χ1n) is 4.72. The molecule has 1 unspecified atom stereocenters. The zero-order valence-corrected chi connectivity index (χ0v) is 10.6. The van der Waals surface area contributed by atoms with Crippen molar-refractivity contribution in [1.29, 1.82) is 0 Å². The van der Waals surface area contributed by atoms with Crippen LogP contribution in [-0.2, 0) is 4.79 Å². The van der Waals surface area contributed by atoms with Crippen LogP contribution in [0.25, 0.3) is 0 Å². The van der Waals surface area contributed by atoms with E-state index in [1.165, 1.54) is 7.05 Å². The molecular formula is C11H12BrNO3. The number of nitrogens with one attached hydrogen (secondary N) is 1. The van der Waals surface area contributed by atoms with Crippen LogP contribution in [0.5, 0.6) is 5.75 Å². The number of carbonyl (C=O) groups is 2. The standard InChI is InChI=1S/C11H12BrNO3/c1-7(11(15)13-2)16-10-8(6-14)4-3-5-9(10)12/h3-7H,1-2H3,(H,13,15). The number of hydrogen-bond donors (Lipinski definition) is 1. The number of ether oxygens (including phenoxy) is 1. The van der Waals surface area contributed by atoms with E-state index < -0.39 is 6.10 Å². The van der Waals surface area contributed by atoms with Crippen LogP contribution < -0.4 is 10.1 Å². The number of likely N-dealkylation sites (N-methyl/N-ethyl adjacent to an activating group) is 1. The molecule has 0 aliphatic carbocycles. The van der Waals surface area contributed by atoms with Gasteiger partial charge in [0.1, 0.15) is 5.75 Å². The third-order valence-corrected chi connectivity index (χ3v) is 2.66. The minimum Gasteiger partial charge on any atom is -0.479 e. The van der Waals surface area contributed by atoms with Gasteiger partial charge in [0.25, 0.3) is 5.91 Å². The quantitative estimate of drug-likeness (QED) is 0.858. The van der Waals surface area contributed by atoms with Crippen LogP contribution >= 0.6 is 15.9 Å². The van der Waals surface area contributed by atoms with Crippen molar-refractivity contribution in [2.75, 3.05) is 7.05 Å². The van der Waals surface area contributed by atoms with Gasteiger partial charge in [0.15, 0.2) is 12.4 Å². The lowest BCUT2D eigenvalue weighted by Gasteiger charge is -2.15. The Morgan fingerprint density at radius 1 is 1.56 bits per heavy atom. The molecule has 5 heteroatoms. The molecule has 0 spiro atoms. The zero-order valence-electron chi connectivity index (χ0n) is 8.99. The highest BCUT2D eigenvalue weighted by molar-refractivity contribution is 9.10. The maximum absolute atomic E-state index is 11.3. The predicted octanol–water partition coefficient (Wildman–Crippen LogP) is 1.77. The first-order chi connectivity index (χ1) is 7.60. The van der Waals surface area contributed by atoms with Crippen molar-refractivity contribution in [1.82, 2.24) is 5.32 Å². The lowest BCUT2D eigenvalue weighted by Crippen LogP contribution is -2.34. The van der Waals surface area contributed by atoms with Crippen LogP contribution in [0.1, 0.15) is 17.3 Å². The Morgan fingerprint density at radius 3 is 2.81 bits per heavy atom. The fourth-order valence-electron chi connectivity index (χ4n) is 1.18. The molecular weight excluding hydrogens is 274 g/mol. The van der Waals surface area contributed by atoms with Crippen molar-refractivity contribution in [3.8, 4) is 5.75 Å². The second-order valence-electron chi connectivity index (χ2n) is 3.15. The summed E-state index contributed by atoms with van der Waals surface area (Å²) in [6.07, 6.45) is 0.0406. The summed E-state index contributed by atoms with van der Waals surface area (Å²) >= 11 is 3.27. The van der Waals surface area contributed by atoms with Crippen LogP contribution in [-0.4, -0.2) is 25.3 Å². The van der Waals surface area contributed by atoms with Crippen molar-refractivity contribution in [3.63, 3.8) is 0 Å². The highest BCUT2D eigenvalue weighted by atomic mass is 79.9. The Morgan fingerprint density at radius 2 is 2.25 bits per heavy atom. The Kier molecular flexibility index (Phi) is 4.49. The van der Waals surface area contributed by atoms with E-state index in [2.05, 4.69) is 21.2 Å². The summed E-state index contributed by atoms with van der Waals surface area (Å²) < 4.78 is 6.08. The number of carbonyl (C=O) groups excluding carboxylic acids is 2. The number of amides is 1. The Balaban J connectivity index is 2.96. The summed E-state index contributed by atoms with van der Waals surface area (Å²) in [5.74, 6) is 0.140. The first-order valence-corrected chi connectivity index (χ1v) is 5.51. The van der Waals surface area contributed by atoms with Gasteiger partial charge in [0, 0.05) is 7.05 Å². The molecule has 0 aliphatic rings. The van der Waals surface area contributed by atoms with Crippen molar-refractivity contribution >= 4 is 28.1 Å². The number of para-hydroxylation sites is 1. The maximum Gasteiger partial charge on any atom is 0.260 e. The summed E-state index contributed by atoms with van der Waals surface area (Å²) in [5, 5.41) is 2.47. The van der Waals surface area contributed by atoms with E-state index in [0.29, 0.717) is 22.1 Å². The molecule has 0 aliphatic heterocycles. The molecule has 0 saturated heterocycles. The molecule has 0 heterocycles. The number of benzene rings is 1. The molecule has 0 aromatic heterocycles. The van der Waals surface area contributed by atoms with E-state index in [0.717, 1.165) is 0 Å². The number of rotatable bonds is 4.